The molecule has 2 aromatic rings. The number of hydrogen-bond acceptors (Lipinski definition) is 6. The number of fused-ring (bicyclic) bond motifs is 2. The van der Waals surface area contributed by atoms with Crippen LogP contribution in [-0.2, 0) is 32.1 Å². The van der Waals surface area contributed by atoms with Crippen molar-refractivity contribution in [2.75, 3.05) is 31.6 Å². The van der Waals surface area contributed by atoms with Gasteiger partial charge in [0, 0.05) is 35.5 Å². The summed E-state index contributed by atoms with van der Waals surface area (Å²) >= 11 is 0. The summed E-state index contributed by atoms with van der Waals surface area (Å²) in [7, 11) is 0. The van der Waals surface area contributed by atoms with Crippen LogP contribution in [0.1, 0.15) is 42.3 Å². The maximum Gasteiger partial charge on any atom is 0.309 e. The van der Waals surface area contributed by atoms with Crippen molar-refractivity contribution < 1.29 is 23.5 Å². The lowest BCUT2D eigenvalue weighted by atomic mass is 9.97. The van der Waals surface area contributed by atoms with E-state index in [0.29, 0.717) is 29.2 Å². The molecule has 3 aliphatic heterocycles. The number of pyridine rings is 1. The topological polar surface area (TPSA) is 80.8 Å². The van der Waals surface area contributed by atoms with E-state index in [9.17, 15) is 14.0 Å². The number of halogens is 1. The number of nitrogens with zero attached hydrogens (tertiary/aromatic N) is 2. The summed E-state index contributed by atoms with van der Waals surface area (Å²) in [6.07, 6.45) is 2.44. The van der Waals surface area contributed by atoms with Crippen molar-refractivity contribution in [1.29, 1.82) is 0 Å². The van der Waals surface area contributed by atoms with Crippen molar-refractivity contribution in [2.45, 2.75) is 32.8 Å². The molecule has 8 heteroatoms. The van der Waals surface area contributed by atoms with Crippen LogP contribution in [0.5, 0.6) is 0 Å². The van der Waals surface area contributed by atoms with E-state index in [4.69, 9.17) is 14.5 Å². The van der Waals surface area contributed by atoms with Gasteiger partial charge in [0.1, 0.15) is 18.2 Å². The average molecular weight is 451 g/mol. The monoisotopic (exact) mass is 451 g/mol. The van der Waals surface area contributed by atoms with Gasteiger partial charge in [0.2, 0.25) is 0 Å². The molecule has 0 radical (unpaired) electrons. The van der Waals surface area contributed by atoms with E-state index in [1.165, 1.54) is 12.1 Å². The van der Waals surface area contributed by atoms with Gasteiger partial charge in [0.25, 0.3) is 5.91 Å². The molecule has 0 unspecified atom stereocenters. The largest absolute Gasteiger partial charge is 0.486 e. The first kappa shape index (κ1) is 21.6. The van der Waals surface area contributed by atoms with Crippen LogP contribution in [0.2, 0.25) is 0 Å². The molecule has 5 rings (SSSR count). The Morgan fingerprint density at radius 1 is 1.24 bits per heavy atom. The standard InChI is InChI=1S/C25H26FN3O4/c1-2-32-25(31)15-7-10-29(11-8-15)12-9-17-4-5-18-21(27-17)14-33-23(18)22-19-13-16(26)3-6-20(19)28-24(22)30/h3-6,13,15H,2,7-12,14H2,1H3,(H,28,30)/b23-22+. The highest BCUT2D eigenvalue weighted by atomic mass is 19.1. The van der Waals surface area contributed by atoms with Crippen molar-refractivity contribution in [3.05, 3.63) is 58.7 Å². The fourth-order valence-electron chi connectivity index (χ4n) is 4.72. The van der Waals surface area contributed by atoms with E-state index in [1.54, 1.807) is 6.07 Å². The minimum Gasteiger partial charge on any atom is -0.486 e. The molecule has 0 spiro atoms. The zero-order chi connectivity index (χ0) is 22.9. The van der Waals surface area contributed by atoms with Crippen molar-refractivity contribution in [3.8, 4) is 0 Å². The Morgan fingerprint density at radius 2 is 2.06 bits per heavy atom. The van der Waals surface area contributed by atoms with E-state index in [1.807, 2.05) is 19.1 Å². The van der Waals surface area contributed by atoms with Gasteiger partial charge in [-0.05, 0) is 63.2 Å². The molecule has 1 saturated heterocycles. The summed E-state index contributed by atoms with van der Waals surface area (Å²) in [5.74, 6) is -0.319. The smallest absolute Gasteiger partial charge is 0.309 e. The van der Waals surface area contributed by atoms with Gasteiger partial charge in [-0.1, -0.05) is 0 Å². The molecule has 172 valence electrons. The number of carbonyl (C=O) groups is 2. The summed E-state index contributed by atoms with van der Waals surface area (Å²) in [5, 5.41) is 2.77. The first-order chi connectivity index (χ1) is 16.0. The predicted octanol–water partition coefficient (Wildman–Crippen LogP) is 3.39. The maximum atomic E-state index is 13.8. The average Bonchev–Trinajstić information content (AvgIpc) is 3.37. The molecule has 7 nitrogen and oxygen atoms in total. The maximum absolute atomic E-state index is 13.8. The number of esters is 1. The number of amides is 1. The summed E-state index contributed by atoms with van der Waals surface area (Å²) in [6, 6.07) is 8.12. The second kappa shape index (κ2) is 8.94. The lowest BCUT2D eigenvalue weighted by Crippen LogP contribution is -2.38. The quantitative estimate of drug-likeness (QED) is 0.555. The fraction of sp³-hybridized carbons (Fsp3) is 0.400. The minimum atomic E-state index is -0.402. The van der Waals surface area contributed by atoms with Gasteiger partial charge in [-0.25, -0.2) is 4.39 Å². The van der Waals surface area contributed by atoms with E-state index >= 15 is 0 Å². The van der Waals surface area contributed by atoms with Crippen molar-refractivity contribution >= 4 is 28.9 Å². The SMILES string of the molecule is CCOC(=O)C1CCN(CCc2ccc3c(n2)CO/C3=C2/C(=O)Nc3ccc(F)cc32)CC1. The number of nitrogens with one attached hydrogen (secondary N) is 1. The van der Waals surface area contributed by atoms with Crippen LogP contribution in [0.4, 0.5) is 10.1 Å². The fourth-order valence-corrected chi connectivity index (χ4v) is 4.72. The molecular formula is C25H26FN3O4. The van der Waals surface area contributed by atoms with E-state index in [0.717, 1.165) is 55.8 Å². The van der Waals surface area contributed by atoms with Gasteiger partial charge in [0.05, 0.1) is 23.8 Å². The third kappa shape index (κ3) is 4.23. The molecular weight excluding hydrogens is 425 g/mol. The molecule has 33 heavy (non-hydrogen) atoms. The minimum absolute atomic E-state index is 0.00863. The first-order valence-electron chi connectivity index (χ1n) is 11.4. The molecule has 4 heterocycles. The summed E-state index contributed by atoms with van der Waals surface area (Å²) in [5.41, 5.74) is 3.96. The summed E-state index contributed by atoms with van der Waals surface area (Å²) in [4.78, 5) is 31.6. The van der Waals surface area contributed by atoms with Crippen LogP contribution >= 0.6 is 0 Å². The molecule has 3 aliphatic rings. The number of rotatable bonds is 5. The number of carbonyl (C=O) groups excluding carboxylic acids is 2. The number of piperidine rings is 1. The van der Waals surface area contributed by atoms with Crippen LogP contribution in [0.15, 0.2) is 30.3 Å². The van der Waals surface area contributed by atoms with Gasteiger partial charge >= 0.3 is 5.97 Å². The molecule has 0 saturated carbocycles. The molecule has 1 aromatic heterocycles. The van der Waals surface area contributed by atoms with Gasteiger partial charge < -0.3 is 19.7 Å². The van der Waals surface area contributed by atoms with E-state index < -0.39 is 5.82 Å². The third-order valence-electron chi connectivity index (χ3n) is 6.47. The number of hydrogen-bond donors (Lipinski definition) is 1. The zero-order valence-electron chi connectivity index (χ0n) is 18.5. The highest BCUT2D eigenvalue weighted by Crippen LogP contribution is 2.41. The predicted molar refractivity (Wildman–Crippen MR) is 120 cm³/mol. The van der Waals surface area contributed by atoms with Crippen molar-refractivity contribution in [1.82, 2.24) is 9.88 Å². The zero-order valence-corrected chi connectivity index (χ0v) is 18.5. The molecule has 1 N–H and O–H groups in total. The Kier molecular flexibility index (Phi) is 5.85. The van der Waals surface area contributed by atoms with Gasteiger partial charge in [-0.3, -0.25) is 14.6 Å². The second-order valence-corrected chi connectivity index (χ2v) is 8.55. The number of likely N-dealkylation sites (tertiary alicyclic amines) is 1. The second-order valence-electron chi connectivity index (χ2n) is 8.55. The highest BCUT2D eigenvalue weighted by molar-refractivity contribution is 6.36. The Morgan fingerprint density at radius 3 is 2.85 bits per heavy atom. The Labute approximate surface area is 191 Å². The third-order valence-corrected chi connectivity index (χ3v) is 6.47. The van der Waals surface area contributed by atoms with E-state index in [2.05, 4.69) is 10.2 Å². The van der Waals surface area contributed by atoms with Crippen molar-refractivity contribution in [2.24, 2.45) is 5.92 Å². The number of ether oxygens (including phenoxy) is 2. The number of anilines is 1. The molecule has 1 amide bonds. The number of benzene rings is 1. The molecule has 0 atom stereocenters. The molecule has 0 bridgehead atoms. The highest BCUT2D eigenvalue weighted by Gasteiger charge is 2.33. The van der Waals surface area contributed by atoms with Crippen LogP contribution in [0.3, 0.4) is 0 Å². The van der Waals surface area contributed by atoms with Gasteiger partial charge in [0.15, 0.2) is 0 Å². The Balaban J connectivity index is 1.26. The van der Waals surface area contributed by atoms with Crippen LogP contribution in [0.25, 0.3) is 11.3 Å². The summed E-state index contributed by atoms with van der Waals surface area (Å²) in [6.45, 7) is 5.16. The molecule has 1 aromatic carbocycles. The summed E-state index contributed by atoms with van der Waals surface area (Å²) < 4.78 is 24.8. The van der Waals surface area contributed by atoms with Gasteiger partial charge in [-0.15, -0.1) is 0 Å². The lowest BCUT2D eigenvalue weighted by Gasteiger charge is -2.30. The van der Waals surface area contributed by atoms with Crippen LogP contribution < -0.4 is 5.32 Å². The lowest BCUT2D eigenvalue weighted by molar-refractivity contribution is -0.149. The Bertz CT molecular complexity index is 1140. The number of aromatic nitrogens is 1. The van der Waals surface area contributed by atoms with E-state index in [-0.39, 0.29) is 24.4 Å². The normalized spacial score (nSPS) is 20.2. The van der Waals surface area contributed by atoms with Crippen LogP contribution in [0, 0.1) is 11.7 Å². The molecule has 1 fully saturated rings. The van der Waals surface area contributed by atoms with Crippen molar-refractivity contribution in [3.63, 3.8) is 0 Å². The molecule has 0 aliphatic carbocycles. The van der Waals surface area contributed by atoms with Crippen LogP contribution in [-0.4, -0.2) is 48.0 Å². The van der Waals surface area contributed by atoms with Gasteiger partial charge in [-0.2, -0.15) is 0 Å². The first-order valence-corrected chi connectivity index (χ1v) is 11.4. The Hall–Kier alpha value is -3.26.